The van der Waals surface area contributed by atoms with Crippen LogP contribution < -0.4 is 15.2 Å². The smallest absolute Gasteiger partial charge is 0.167 e. The van der Waals surface area contributed by atoms with Gasteiger partial charge in [0.2, 0.25) is 0 Å². The summed E-state index contributed by atoms with van der Waals surface area (Å²) in [4.78, 5) is 0. The molecule has 0 saturated carbocycles. The van der Waals surface area contributed by atoms with Crippen LogP contribution in [0, 0.1) is 5.82 Å². The lowest BCUT2D eigenvalue weighted by molar-refractivity contribution is 0.0981. The molecule has 0 aromatic heterocycles. The Balaban J connectivity index is 2.52. The maximum absolute atomic E-state index is 13.6. The third-order valence-electron chi connectivity index (χ3n) is 2.55. The summed E-state index contributed by atoms with van der Waals surface area (Å²) in [7, 11) is 0. The number of benzene rings is 1. The molecule has 1 aromatic carbocycles. The van der Waals surface area contributed by atoms with Gasteiger partial charge in [-0.2, -0.15) is 0 Å². The Bertz CT molecular complexity index is 410. The zero-order chi connectivity index (χ0) is 15.0. The van der Waals surface area contributed by atoms with Gasteiger partial charge in [-0.3, -0.25) is 0 Å². The fraction of sp³-hybridized carbons (Fsp3) is 0.600. The molecule has 1 aromatic rings. The summed E-state index contributed by atoms with van der Waals surface area (Å²) in [6, 6.07) is 2.70. The topological polar surface area (TPSA) is 53.7 Å². The Morgan fingerprint density at radius 3 is 2.55 bits per heavy atom. The number of nitrogen functional groups attached to an aromatic ring is 1. The third kappa shape index (κ3) is 5.65. The van der Waals surface area contributed by atoms with Crippen LogP contribution in [0.1, 0.15) is 33.6 Å². The number of hydrogen-bond acceptors (Lipinski definition) is 4. The highest BCUT2D eigenvalue weighted by molar-refractivity contribution is 5.56. The van der Waals surface area contributed by atoms with Crippen molar-refractivity contribution in [3.8, 4) is 11.5 Å². The highest BCUT2D eigenvalue weighted by atomic mass is 19.1. The van der Waals surface area contributed by atoms with Crippen LogP contribution in [-0.4, -0.2) is 25.9 Å². The van der Waals surface area contributed by atoms with Crippen LogP contribution in [0.3, 0.4) is 0 Å². The largest absolute Gasteiger partial charge is 0.489 e. The first-order valence-corrected chi connectivity index (χ1v) is 7.00. The van der Waals surface area contributed by atoms with Gasteiger partial charge < -0.3 is 19.9 Å². The second kappa shape index (κ2) is 8.64. The Morgan fingerprint density at radius 1 is 1.15 bits per heavy atom. The first-order chi connectivity index (χ1) is 9.54. The van der Waals surface area contributed by atoms with Crippen molar-refractivity contribution >= 4 is 5.69 Å². The lowest BCUT2D eigenvalue weighted by Gasteiger charge is -2.14. The first-order valence-electron chi connectivity index (χ1n) is 7.00. The van der Waals surface area contributed by atoms with Gasteiger partial charge in [0.05, 0.1) is 18.4 Å². The zero-order valence-corrected chi connectivity index (χ0v) is 12.4. The minimum Gasteiger partial charge on any atom is -0.489 e. The number of rotatable bonds is 9. The van der Waals surface area contributed by atoms with Gasteiger partial charge in [0, 0.05) is 18.7 Å². The van der Waals surface area contributed by atoms with Crippen LogP contribution in [0.15, 0.2) is 12.1 Å². The Kier molecular flexibility index (Phi) is 7.15. The lowest BCUT2D eigenvalue weighted by Crippen LogP contribution is -2.10. The van der Waals surface area contributed by atoms with Crippen molar-refractivity contribution in [1.29, 1.82) is 0 Å². The Morgan fingerprint density at radius 2 is 1.90 bits per heavy atom. The summed E-state index contributed by atoms with van der Waals surface area (Å²) >= 11 is 0. The molecule has 0 saturated heterocycles. The van der Waals surface area contributed by atoms with Gasteiger partial charge in [-0.1, -0.05) is 13.3 Å². The van der Waals surface area contributed by atoms with E-state index in [9.17, 15) is 4.39 Å². The summed E-state index contributed by atoms with van der Waals surface area (Å²) in [5.41, 5.74) is 5.98. The van der Waals surface area contributed by atoms with Gasteiger partial charge in [-0.05, 0) is 20.3 Å². The monoisotopic (exact) mass is 285 g/mol. The molecular formula is C15H24FNO3. The molecule has 0 amide bonds. The highest BCUT2D eigenvalue weighted by Crippen LogP contribution is 2.30. The van der Waals surface area contributed by atoms with E-state index in [0.717, 1.165) is 19.4 Å². The van der Waals surface area contributed by atoms with Crippen LogP contribution >= 0.6 is 0 Å². The molecule has 2 N–H and O–H groups in total. The summed E-state index contributed by atoms with van der Waals surface area (Å²) < 4.78 is 29.9. The average Bonchev–Trinajstić information content (AvgIpc) is 2.38. The number of nitrogens with two attached hydrogens (primary N) is 1. The van der Waals surface area contributed by atoms with Gasteiger partial charge in [0.15, 0.2) is 11.6 Å². The number of hydrogen-bond donors (Lipinski definition) is 1. The molecule has 20 heavy (non-hydrogen) atoms. The van der Waals surface area contributed by atoms with Crippen molar-refractivity contribution in [2.45, 2.75) is 39.7 Å². The van der Waals surface area contributed by atoms with Crippen LogP contribution in [0.2, 0.25) is 0 Å². The van der Waals surface area contributed by atoms with Gasteiger partial charge in [0.1, 0.15) is 12.4 Å². The molecule has 0 aliphatic carbocycles. The van der Waals surface area contributed by atoms with Crippen molar-refractivity contribution in [2.75, 3.05) is 25.6 Å². The van der Waals surface area contributed by atoms with Crippen LogP contribution in [-0.2, 0) is 4.74 Å². The van der Waals surface area contributed by atoms with E-state index in [1.807, 2.05) is 13.8 Å². The molecule has 0 fully saturated rings. The fourth-order valence-electron chi connectivity index (χ4n) is 1.58. The predicted molar refractivity (Wildman–Crippen MR) is 77.8 cm³/mol. The normalized spacial score (nSPS) is 10.8. The molecule has 0 aliphatic rings. The molecule has 1 rings (SSSR count). The molecule has 0 aliphatic heterocycles. The predicted octanol–water partition coefficient (Wildman–Crippen LogP) is 3.39. The number of halogens is 1. The van der Waals surface area contributed by atoms with Gasteiger partial charge in [-0.15, -0.1) is 0 Å². The van der Waals surface area contributed by atoms with Crippen molar-refractivity contribution in [2.24, 2.45) is 0 Å². The molecule has 0 heterocycles. The maximum Gasteiger partial charge on any atom is 0.167 e. The average molecular weight is 285 g/mol. The van der Waals surface area contributed by atoms with Crippen LogP contribution in [0.25, 0.3) is 0 Å². The standard InChI is InChI=1S/C15H24FNO3/c1-4-5-6-18-7-8-19-15-10-14(20-11(2)3)12(16)9-13(15)17/h9-11H,4-8,17H2,1-3H3. The van der Waals surface area contributed by atoms with Crippen molar-refractivity contribution in [3.63, 3.8) is 0 Å². The molecular weight excluding hydrogens is 261 g/mol. The second-order valence-corrected chi connectivity index (χ2v) is 4.80. The quantitative estimate of drug-likeness (QED) is 0.558. The maximum atomic E-state index is 13.6. The summed E-state index contributed by atoms with van der Waals surface area (Å²) in [6.07, 6.45) is 2.02. The number of unbranched alkanes of at least 4 members (excludes halogenated alkanes) is 1. The molecule has 0 unspecified atom stereocenters. The van der Waals surface area contributed by atoms with Crippen molar-refractivity contribution in [1.82, 2.24) is 0 Å². The summed E-state index contributed by atoms with van der Waals surface area (Å²) in [5, 5.41) is 0. The van der Waals surface area contributed by atoms with Crippen LogP contribution in [0.4, 0.5) is 10.1 Å². The van der Waals surface area contributed by atoms with E-state index in [2.05, 4.69) is 6.92 Å². The van der Waals surface area contributed by atoms with Gasteiger partial charge in [-0.25, -0.2) is 4.39 Å². The minimum atomic E-state index is -0.484. The Labute approximate surface area is 120 Å². The van der Waals surface area contributed by atoms with E-state index in [1.54, 1.807) is 0 Å². The molecule has 0 bridgehead atoms. The van der Waals surface area contributed by atoms with E-state index in [4.69, 9.17) is 19.9 Å². The second-order valence-electron chi connectivity index (χ2n) is 4.80. The lowest BCUT2D eigenvalue weighted by atomic mass is 10.2. The van der Waals surface area contributed by atoms with E-state index in [1.165, 1.54) is 12.1 Å². The number of anilines is 1. The number of ether oxygens (including phenoxy) is 3. The zero-order valence-electron chi connectivity index (χ0n) is 12.4. The SMILES string of the molecule is CCCCOCCOc1cc(OC(C)C)c(F)cc1N. The van der Waals surface area contributed by atoms with E-state index >= 15 is 0 Å². The first kappa shape index (κ1) is 16.6. The van der Waals surface area contributed by atoms with E-state index in [-0.39, 0.29) is 17.5 Å². The minimum absolute atomic E-state index is 0.113. The summed E-state index contributed by atoms with van der Waals surface area (Å²) in [6.45, 7) is 7.35. The Hall–Kier alpha value is -1.49. The van der Waals surface area contributed by atoms with E-state index < -0.39 is 5.82 Å². The third-order valence-corrected chi connectivity index (χ3v) is 2.55. The van der Waals surface area contributed by atoms with Crippen molar-refractivity contribution in [3.05, 3.63) is 17.9 Å². The van der Waals surface area contributed by atoms with Gasteiger partial charge >= 0.3 is 0 Å². The van der Waals surface area contributed by atoms with Gasteiger partial charge in [0.25, 0.3) is 0 Å². The molecule has 0 radical (unpaired) electrons. The summed E-state index contributed by atoms with van der Waals surface area (Å²) in [5.74, 6) is 0.0833. The highest BCUT2D eigenvalue weighted by Gasteiger charge is 2.11. The molecule has 0 spiro atoms. The molecule has 5 heteroatoms. The van der Waals surface area contributed by atoms with E-state index in [0.29, 0.717) is 19.0 Å². The molecule has 0 atom stereocenters. The molecule has 4 nitrogen and oxygen atoms in total. The van der Waals surface area contributed by atoms with Crippen LogP contribution in [0.5, 0.6) is 11.5 Å². The van der Waals surface area contributed by atoms with Crippen molar-refractivity contribution < 1.29 is 18.6 Å². The molecule has 114 valence electrons. The fourth-order valence-corrected chi connectivity index (χ4v) is 1.58.